The van der Waals surface area contributed by atoms with Gasteiger partial charge in [-0.15, -0.1) is 0 Å². The molecule has 0 unspecified atom stereocenters. The lowest BCUT2D eigenvalue weighted by Gasteiger charge is -2.19. The van der Waals surface area contributed by atoms with Crippen LogP contribution in [0.1, 0.15) is 36.5 Å². The molecule has 23 heavy (non-hydrogen) atoms. The summed E-state index contributed by atoms with van der Waals surface area (Å²) in [6.45, 7) is 3.78. The second kappa shape index (κ2) is 6.86. The van der Waals surface area contributed by atoms with Gasteiger partial charge in [0, 0.05) is 5.69 Å². The number of carbonyl (C=O) groups is 1. The van der Waals surface area contributed by atoms with E-state index in [1.54, 1.807) is 6.92 Å². The number of fused-ring (bicyclic) bond motifs is 1. The Morgan fingerprint density at radius 3 is 2.65 bits per heavy atom. The molecule has 0 saturated carbocycles. The molecule has 0 radical (unpaired) electrons. The van der Waals surface area contributed by atoms with E-state index in [2.05, 4.69) is 17.4 Å². The molecule has 0 heterocycles. The van der Waals surface area contributed by atoms with Crippen LogP contribution in [0, 0.1) is 6.92 Å². The average Bonchev–Trinajstić information content (AvgIpc) is 2.54. The normalized spacial score (nSPS) is 14.7. The van der Waals surface area contributed by atoms with Gasteiger partial charge in [-0.2, -0.15) is 0 Å². The van der Waals surface area contributed by atoms with Gasteiger partial charge >= 0.3 is 0 Å². The number of amides is 1. The summed E-state index contributed by atoms with van der Waals surface area (Å²) in [6.07, 6.45) is 4.23. The summed E-state index contributed by atoms with van der Waals surface area (Å²) in [5.41, 5.74) is 4.70. The molecule has 2 aromatic rings. The summed E-state index contributed by atoms with van der Waals surface area (Å²) in [7, 11) is 0. The van der Waals surface area contributed by atoms with Gasteiger partial charge in [0.1, 0.15) is 5.75 Å². The van der Waals surface area contributed by atoms with Crippen LogP contribution in [0.4, 0.5) is 5.69 Å². The third kappa shape index (κ3) is 3.92. The van der Waals surface area contributed by atoms with Crippen molar-refractivity contribution in [1.29, 1.82) is 0 Å². The van der Waals surface area contributed by atoms with E-state index in [4.69, 9.17) is 4.74 Å². The molecule has 0 aromatic heterocycles. The van der Waals surface area contributed by atoms with Crippen LogP contribution in [-0.4, -0.2) is 12.0 Å². The minimum Gasteiger partial charge on any atom is -0.481 e. The highest BCUT2D eigenvalue weighted by Gasteiger charge is 2.16. The van der Waals surface area contributed by atoms with Gasteiger partial charge in [0.05, 0.1) is 0 Å². The van der Waals surface area contributed by atoms with Crippen molar-refractivity contribution in [3.63, 3.8) is 0 Å². The molecule has 120 valence electrons. The first kappa shape index (κ1) is 15.6. The summed E-state index contributed by atoms with van der Waals surface area (Å²) in [6, 6.07) is 14.0. The zero-order chi connectivity index (χ0) is 16.2. The van der Waals surface area contributed by atoms with Crippen LogP contribution in [0.25, 0.3) is 0 Å². The quantitative estimate of drug-likeness (QED) is 0.915. The zero-order valence-electron chi connectivity index (χ0n) is 13.8. The van der Waals surface area contributed by atoms with Crippen molar-refractivity contribution in [2.75, 3.05) is 5.32 Å². The second-order valence-electron chi connectivity index (χ2n) is 6.26. The molecular formula is C20H23NO2. The van der Waals surface area contributed by atoms with E-state index in [9.17, 15) is 4.79 Å². The van der Waals surface area contributed by atoms with Gasteiger partial charge < -0.3 is 10.1 Å². The highest BCUT2D eigenvalue weighted by molar-refractivity contribution is 5.94. The van der Waals surface area contributed by atoms with E-state index in [1.165, 1.54) is 24.0 Å². The molecule has 0 fully saturated rings. The number of hydrogen-bond acceptors (Lipinski definition) is 2. The zero-order valence-corrected chi connectivity index (χ0v) is 13.8. The maximum Gasteiger partial charge on any atom is 0.265 e. The molecule has 0 spiro atoms. The van der Waals surface area contributed by atoms with Gasteiger partial charge in [0.2, 0.25) is 0 Å². The van der Waals surface area contributed by atoms with E-state index >= 15 is 0 Å². The Balaban J connectivity index is 1.64. The maximum atomic E-state index is 12.3. The fraction of sp³-hybridized carbons (Fsp3) is 0.350. The number of aryl methyl sites for hydroxylation is 3. The predicted molar refractivity (Wildman–Crippen MR) is 93.0 cm³/mol. The molecule has 1 N–H and O–H groups in total. The Morgan fingerprint density at radius 2 is 1.87 bits per heavy atom. The molecule has 3 nitrogen and oxygen atoms in total. The Kier molecular flexibility index (Phi) is 4.65. The maximum absolute atomic E-state index is 12.3. The molecule has 0 saturated heterocycles. The SMILES string of the molecule is Cc1cccc(NC(=O)[C@H](C)Oc2ccc3c(c2)CCCC3)c1. The summed E-state index contributed by atoms with van der Waals surface area (Å²) in [4.78, 5) is 12.3. The number of rotatable bonds is 4. The van der Waals surface area contributed by atoms with Crippen LogP contribution >= 0.6 is 0 Å². The Hall–Kier alpha value is -2.29. The number of benzene rings is 2. The molecule has 2 aromatic carbocycles. The van der Waals surface area contributed by atoms with Crippen LogP contribution in [0.5, 0.6) is 5.75 Å². The minimum absolute atomic E-state index is 0.131. The third-order valence-electron chi connectivity index (χ3n) is 4.29. The van der Waals surface area contributed by atoms with Gasteiger partial charge in [-0.25, -0.2) is 0 Å². The minimum atomic E-state index is -0.530. The summed E-state index contributed by atoms with van der Waals surface area (Å²) < 4.78 is 5.83. The molecule has 0 bridgehead atoms. The number of carbonyl (C=O) groups excluding carboxylic acids is 1. The molecule has 0 aliphatic heterocycles. The summed E-state index contributed by atoms with van der Waals surface area (Å²) >= 11 is 0. The molecule has 3 rings (SSSR count). The van der Waals surface area contributed by atoms with Gasteiger partial charge in [-0.05, 0) is 80.5 Å². The van der Waals surface area contributed by atoms with E-state index in [0.29, 0.717) is 0 Å². The van der Waals surface area contributed by atoms with Crippen molar-refractivity contribution < 1.29 is 9.53 Å². The number of nitrogens with one attached hydrogen (secondary N) is 1. The van der Waals surface area contributed by atoms with Gasteiger partial charge in [0.25, 0.3) is 5.91 Å². The van der Waals surface area contributed by atoms with Gasteiger partial charge in [0.15, 0.2) is 6.10 Å². The molecule has 1 amide bonds. The largest absolute Gasteiger partial charge is 0.481 e. The van der Waals surface area contributed by atoms with Gasteiger partial charge in [-0.3, -0.25) is 4.79 Å². The van der Waals surface area contributed by atoms with Crippen molar-refractivity contribution in [3.8, 4) is 5.75 Å². The van der Waals surface area contributed by atoms with Crippen molar-refractivity contribution in [1.82, 2.24) is 0 Å². The molecule has 1 atom stereocenters. The first-order chi connectivity index (χ1) is 11.1. The Bertz CT molecular complexity index is 709. The first-order valence-electron chi connectivity index (χ1n) is 8.28. The number of anilines is 1. The Morgan fingerprint density at radius 1 is 1.09 bits per heavy atom. The smallest absolute Gasteiger partial charge is 0.265 e. The van der Waals surface area contributed by atoms with Crippen molar-refractivity contribution in [2.24, 2.45) is 0 Å². The first-order valence-corrected chi connectivity index (χ1v) is 8.28. The summed E-state index contributed by atoms with van der Waals surface area (Å²) in [5, 5.41) is 2.90. The number of ether oxygens (including phenoxy) is 1. The van der Waals surface area contributed by atoms with Crippen LogP contribution in [-0.2, 0) is 17.6 Å². The average molecular weight is 309 g/mol. The predicted octanol–water partition coefficient (Wildman–Crippen LogP) is 4.28. The van der Waals surface area contributed by atoms with Crippen LogP contribution < -0.4 is 10.1 Å². The highest BCUT2D eigenvalue weighted by Crippen LogP contribution is 2.26. The fourth-order valence-electron chi connectivity index (χ4n) is 3.01. The van der Waals surface area contributed by atoms with Crippen LogP contribution in [0.3, 0.4) is 0 Å². The fourth-order valence-corrected chi connectivity index (χ4v) is 3.01. The Labute approximate surface area is 137 Å². The molecule has 1 aliphatic rings. The lowest BCUT2D eigenvalue weighted by Crippen LogP contribution is -2.30. The van der Waals surface area contributed by atoms with E-state index in [-0.39, 0.29) is 5.91 Å². The molecule has 1 aliphatic carbocycles. The van der Waals surface area contributed by atoms with E-state index in [1.807, 2.05) is 37.3 Å². The van der Waals surface area contributed by atoms with Crippen molar-refractivity contribution in [2.45, 2.75) is 45.6 Å². The van der Waals surface area contributed by atoms with Crippen molar-refractivity contribution in [3.05, 3.63) is 59.2 Å². The van der Waals surface area contributed by atoms with Crippen molar-refractivity contribution >= 4 is 11.6 Å². The van der Waals surface area contributed by atoms with E-state index in [0.717, 1.165) is 29.8 Å². The van der Waals surface area contributed by atoms with Crippen LogP contribution in [0.2, 0.25) is 0 Å². The highest BCUT2D eigenvalue weighted by atomic mass is 16.5. The summed E-state index contributed by atoms with van der Waals surface area (Å²) in [5.74, 6) is 0.644. The lowest BCUT2D eigenvalue weighted by molar-refractivity contribution is -0.122. The lowest BCUT2D eigenvalue weighted by atomic mass is 9.92. The second-order valence-corrected chi connectivity index (χ2v) is 6.26. The van der Waals surface area contributed by atoms with E-state index < -0.39 is 6.10 Å². The molecular weight excluding hydrogens is 286 g/mol. The molecule has 3 heteroatoms. The topological polar surface area (TPSA) is 38.3 Å². The van der Waals surface area contributed by atoms with Crippen LogP contribution in [0.15, 0.2) is 42.5 Å². The third-order valence-corrected chi connectivity index (χ3v) is 4.29. The standard InChI is InChI=1S/C20H23NO2/c1-14-6-5-9-18(12-14)21-20(22)15(2)23-19-11-10-16-7-3-4-8-17(16)13-19/h5-6,9-13,15H,3-4,7-8H2,1-2H3,(H,21,22)/t15-/m0/s1. The van der Waals surface area contributed by atoms with Gasteiger partial charge in [-0.1, -0.05) is 18.2 Å². The number of hydrogen-bond donors (Lipinski definition) is 1. The monoisotopic (exact) mass is 309 g/mol.